The molecule has 2 rings (SSSR count). The predicted molar refractivity (Wildman–Crippen MR) is 70.4 cm³/mol. The average Bonchev–Trinajstić information content (AvgIpc) is 2.88. The summed E-state index contributed by atoms with van der Waals surface area (Å²) in [6, 6.07) is 0. The Morgan fingerprint density at radius 1 is 1.18 bits per heavy atom. The van der Waals surface area contributed by atoms with E-state index >= 15 is 0 Å². The highest BCUT2D eigenvalue weighted by Gasteiger charge is 2.18. The Morgan fingerprint density at radius 3 is 2.76 bits per heavy atom. The van der Waals surface area contributed by atoms with Crippen molar-refractivity contribution < 1.29 is 4.74 Å². The first-order chi connectivity index (χ1) is 8.38. The summed E-state index contributed by atoms with van der Waals surface area (Å²) in [7, 11) is 0. The molecule has 4 nitrogen and oxygen atoms in total. The maximum Gasteiger partial charge on any atom is 0.0826 e. The number of ether oxygens (including phenoxy) is 1. The van der Waals surface area contributed by atoms with Crippen LogP contribution in [0.4, 0.5) is 0 Å². The Kier molecular flexibility index (Phi) is 5.71. The molecule has 2 fully saturated rings. The summed E-state index contributed by atoms with van der Waals surface area (Å²) < 4.78 is 5.76. The first kappa shape index (κ1) is 13.3. The Balaban J connectivity index is 1.52. The fraction of sp³-hybridized carbons (Fsp3) is 1.00. The highest BCUT2D eigenvalue weighted by molar-refractivity contribution is 4.73. The lowest BCUT2D eigenvalue weighted by molar-refractivity contribution is -0.0252. The molecule has 0 aromatic rings. The molecule has 17 heavy (non-hydrogen) atoms. The zero-order chi connectivity index (χ0) is 11.9. The number of hydrogen-bond donors (Lipinski definition) is 1. The van der Waals surface area contributed by atoms with Gasteiger partial charge in [-0.3, -0.25) is 4.90 Å². The van der Waals surface area contributed by atoms with Gasteiger partial charge in [0, 0.05) is 32.7 Å². The highest BCUT2D eigenvalue weighted by Crippen LogP contribution is 2.06. The van der Waals surface area contributed by atoms with Gasteiger partial charge in [0.1, 0.15) is 0 Å². The molecule has 0 aliphatic carbocycles. The number of hydrogen-bond acceptors (Lipinski definition) is 4. The quantitative estimate of drug-likeness (QED) is 0.681. The number of morpholine rings is 1. The molecule has 4 heteroatoms. The lowest BCUT2D eigenvalue weighted by Gasteiger charge is -2.32. The third kappa shape index (κ3) is 4.54. The lowest BCUT2D eigenvalue weighted by atomic mass is 10.2. The van der Waals surface area contributed by atoms with Crippen molar-refractivity contribution in [1.29, 1.82) is 0 Å². The molecule has 0 spiro atoms. The first-order valence-corrected chi connectivity index (χ1v) is 7.15. The number of likely N-dealkylation sites (tertiary alicyclic amines) is 1. The minimum Gasteiger partial charge on any atom is -0.374 e. The third-order valence-corrected chi connectivity index (χ3v) is 3.85. The standard InChI is InChI=1S/C13H27N3O/c1-2-15-9-10-17-13(12-15)11-14-5-8-16-6-3-4-7-16/h13-14H,2-12H2,1H3. The van der Waals surface area contributed by atoms with Gasteiger partial charge in [-0.1, -0.05) is 6.92 Å². The van der Waals surface area contributed by atoms with Crippen LogP contribution in [0, 0.1) is 0 Å². The van der Waals surface area contributed by atoms with Crippen molar-refractivity contribution in [2.24, 2.45) is 0 Å². The molecule has 2 saturated heterocycles. The second-order valence-electron chi connectivity index (χ2n) is 5.14. The molecular weight excluding hydrogens is 214 g/mol. The van der Waals surface area contributed by atoms with E-state index < -0.39 is 0 Å². The molecular formula is C13H27N3O. The van der Waals surface area contributed by atoms with Crippen molar-refractivity contribution in [2.75, 3.05) is 59.0 Å². The van der Waals surface area contributed by atoms with E-state index in [-0.39, 0.29) is 0 Å². The summed E-state index contributed by atoms with van der Waals surface area (Å²) in [5.74, 6) is 0. The molecule has 1 N–H and O–H groups in total. The molecule has 100 valence electrons. The largest absolute Gasteiger partial charge is 0.374 e. The van der Waals surface area contributed by atoms with E-state index in [0.29, 0.717) is 6.10 Å². The Hall–Kier alpha value is -0.160. The van der Waals surface area contributed by atoms with Crippen molar-refractivity contribution in [2.45, 2.75) is 25.9 Å². The van der Waals surface area contributed by atoms with E-state index in [1.54, 1.807) is 0 Å². The first-order valence-electron chi connectivity index (χ1n) is 7.15. The van der Waals surface area contributed by atoms with Gasteiger partial charge in [-0.05, 0) is 32.5 Å². The van der Waals surface area contributed by atoms with Gasteiger partial charge < -0.3 is 15.0 Å². The van der Waals surface area contributed by atoms with E-state index in [0.717, 1.165) is 39.3 Å². The van der Waals surface area contributed by atoms with Crippen LogP contribution in [-0.4, -0.2) is 74.9 Å². The summed E-state index contributed by atoms with van der Waals surface area (Å²) in [4.78, 5) is 5.02. The van der Waals surface area contributed by atoms with E-state index in [1.807, 2.05) is 0 Å². The summed E-state index contributed by atoms with van der Waals surface area (Å²) in [6.45, 7) is 12.4. The molecule has 1 unspecified atom stereocenters. The van der Waals surface area contributed by atoms with E-state index in [1.165, 1.54) is 32.5 Å². The van der Waals surface area contributed by atoms with Crippen LogP contribution in [0.3, 0.4) is 0 Å². The summed E-state index contributed by atoms with van der Waals surface area (Å²) in [6.07, 6.45) is 3.16. The van der Waals surface area contributed by atoms with Gasteiger partial charge >= 0.3 is 0 Å². The summed E-state index contributed by atoms with van der Waals surface area (Å²) in [5, 5.41) is 3.53. The molecule has 0 aromatic heterocycles. The maximum atomic E-state index is 5.76. The van der Waals surface area contributed by atoms with Crippen LogP contribution >= 0.6 is 0 Å². The van der Waals surface area contributed by atoms with Crippen LogP contribution in [0.5, 0.6) is 0 Å². The van der Waals surface area contributed by atoms with Crippen LogP contribution in [0.2, 0.25) is 0 Å². The zero-order valence-electron chi connectivity index (χ0n) is 11.2. The van der Waals surface area contributed by atoms with Gasteiger partial charge in [-0.2, -0.15) is 0 Å². The molecule has 0 amide bonds. The Morgan fingerprint density at radius 2 is 2.00 bits per heavy atom. The van der Waals surface area contributed by atoms with Crippen molar-refractivity contribution in [3.8, 4) is 0 Å². The molecule has 2 heterocycles. The van der Waals surface area contributed by atoms with Gasteiger partial charge in [-0.15, -0.1) is 0 Å². The van der Waals surface area contributed by atoms with E-state index in [2.05, 4.69) is 22.0 Å². The SMILES string of the molecule is CCN1CCOC(CNCCN2CCCC2)C1. The fourth-order valence-corrected chi connectivity index (χ4v) is 2.70. The molecule has 2 aliphatic rings. The lowest BCUT2D eigenvalue weighted by Crippen LogP contribution is -2.47. The van der Waals surface area contributed by atoms with Gasteiger partial charge in [0.2, 0.25) is 0 Å². The maximum absolute atomic E-state index is 5.76. The van der Waals surface area contributed by atoms with Gasteiger partial charge in [0.05, 0.1) is 12.7 Å². The highest BCUT2D eigenvalue weighted by atomic mass is 16.5. The van der Waals surface area contributed by atoms with Crippen molar-refractivity contribution in [3.63, 3.8) is 0 Å². The minimum absolute atomic E-state index is 0.391. The molecule has 0 saturated carbocycles. The van der Waals surface area contributed by atoms with Crippen molar-refractivity contribution >= 4 is 0 Å². The van der Waals surface area contributed by atoms with E-state index in [9.17, 15) is 0 Å². The van der Waals surface area contributed by atoms with Gasteiger partial charge in [0.25, 0.3) is 0 Å². The monoisotopic (exact) mass is 241 g/mol. The van der Waals surface area contributed by atoms with Gasteiger partial charge in [0.15, 0.2) is 0 Å². The van der Waals surface area contributed by atoms with Crippen LogP contribution < -0.4 is 5.32 Å². The smallest absolute Gasteiger partial charge is 0.0826 e. The molecule has 0 aromatic carbocycles. The predicted octanol–water partition coefficient (Wildman–Crippen LogP) is 0.393. The van der Waals surface area contributed by atoms with Crippen molar-refractivity contribution in [3.05, 3.63) is 0 Å². The number of nitrogens with one attached hydrogen (secondary N) is 1. The van der Waals surface area contributed by atoms with Crippen LogP contribution in [-0.2, 0) is 4.74 Å². The molecule has 0 bridgehead atoms. The molecule has 1 atom stereocenters. The normalized spacial score (nSPS) is 27.7. The summed E-state index contributed by atoms with van der Waals surface area (Å²) in [5.41, 5.74) is 0. The average molecular weight is 241 g/mol. The second kappa shape index (κ2) is 7.31. The van der Waals surface area contributed by atoms with Crippen LogP contribution in [0.15, 0.2) is 0 Å². The second-order valence-corrected chi connectivity index (χ2v) is 5.14. The Bertz CT molecular complexity index is 207. The third-order valence-electron chi connectivity index (χ3n) is 3.85. The number of likely N-dealkylation sites (N-methyl/N-ethyl adjacent to an activating group) is 1. The number of rotatable bonds is 6. The summed E-state index contributed by atoms with van der Waals surface area (Å²) >= 11 is 0. The topological polar surface area (TPSA) is 27.7 Å². The minimum atomic E-state index is 0.391. The number of nitrogens with zero attached hydrogens (tertiary/aromatic N) is 2. The molecule has 0 radical (unpaired) electrons. The molecule has 2 aliphatic heterocycles. The van der Waals surface area contributed by atoms with Gasteiger partial charge in [-0.25, -0.2) is 0 Å². The van der Waals surface area contributed by atoms with Crippen LogP contribution in [0.1, 0.15) is 19.8 Å². The van der Waals surface area contributed by atoms with E-state index in [4.69, 9.17) is 4.74 Å². The van der Waals surface area contributed by atoms with Crippen LogP contribution in [0.25, 0.3) is 0 Å². The zero-order valence-corrected chi connectivity index (χ0v) is 11.2. The Labute approximate surface area is 105 Å². The van der Waals surface area contributed by atoms with Crippen molar-refractivity contribution in [1.82, 2.24) is 15.1 Å². The fourth-order valence-electron chi connectivity index (χ4n) is 2.70.